The molecule has 2 fully saturated rings. The van der Waals surface area contributed by atoms with Gasteiger partial charge in [-0.3, -0.25) is 9.59 Å². The first-order valence-corrected chi connectivity index (χ1v) is 13.6. The zero-order chi connectivity index (χ0) is 25.5. The van der Waals surface area contributed by atoms with Crippen molar-refractivity contribution in [3.8, 4) is 0 Å². The SMILES string of the molecule is CC1([C@H](NC(=O)[C@H]2CC(=O)N(c3cccc(S(N)(=O)=O)c3)C2)c2c(F)ccc(Cl)c2Cl)CCCC1. The highest BCUT2D eigenvalue weighted by atomic mass is 35.5. The lowest BCUT2D eigenvalue weighted by atomic mass is 9.76. The van der Waals surface area contributed by atoms with Crippen molar-refractivity contribution in [1.82, 2.24) is 5.32 Å². The molecule has 1 aliphatic heterocycles. The number of nitrogens with two attached hydrogens (primary N) is 1. The molecule has 1 aliphatic carbocycles. The summed E-state index contributed by atoms with van der Waals surface area (Å²) in [5, 5.41) is 8.44. The molecule has 4 rings (SSSR count). The van der Waals surface area contributed by atoms with Crippen LogP contribution in [0.15, 0.2) is 41.3 Å². The van der Waals surface area contributed by atoms with Crippen LogP contribution < -0.4 is 15.4 Å². The lowest BCUT2D eigenvalue weighted by Crippen LogP contribution is -2.42. The fourth-order valence-electron chi connectivity index (χ4n) is 5.09. The van der Waals surface area contributed by atoms with Gasteiger partial charge < -0.3 is 10.2 Å². The van der Waals surface area contributed by atoms with Crippen LogP contribution >= 0.6 is 23.2 Å². The lowest BCUT2D eigenvalue weighted by Gasteiger charge is -2.36. The van der Waals surface area contributed by atoms with E-state index in [9.17, 15) is 22.4 Å². The summed E-state index contributed by atoms with van der Waals surface area (Å²) in [6, 6.07) is 7.59. The molecule has 0 aromatic heterocycles. The van der Waals surface area contributed by atoms with Crippen molar-refractivity contribution >= 4 is 50.7 Å². The number of carbonyl (C=O) groups excluding carboxylic acids is 2. The molecule has 35 heavy (non-hydrogen) atoms. The number of hydrogen-bond donors (Lipinski definition) is 2. The van der Waals surface area contributed by atoms with E-state index in [1.807, 2.05) is 6.92 Å². The first-order valence-electron chi connectivity index (χ1n) is 11.3. The number of primary sulfonamides is 1. The third-order valence-electron chi connectivity index (χ3n) is 7.05. The molecular weight excluding hydrogens is 516 g/mol. The number of sulfonamides is 1. The van der Waals surface area contributed by atoms with E-state index in [-0.39, 0.29) is 39.4 Å². The van der Waals surface area contributed by atoms with Gasteiger partial charge in [0.05, 0.1) is 26.9 Å². The third kappa shape index (κ3) is 5.18. The van der Waals surface area contributed by atoms with E-state index in [4.69, 9.17) is 28.3 Å². The molecule has 2 aliphatic rings. The van der Waals surface area contributed by atoms with Crippen molar-refractivity contribution in [3.63, 3.8) is 0 Å². The number of anilines is 1. The predicted octanol–water partition coefficient (Wildman–Crippen LogP) is 4.57. The van der Waals surface area contributed by atoms with Gasteiger partial charge in [0.2, 0.25) is 21.8 Å². The minimum Gasteiger partial charge on any atom is -0.348 e. The molecule has 1 saturated carbocycles. The number of carbonyl (C=O) groups is 2. The van der Waals surface area contributed by atoms with Gasteiger partial charge in [-0.25, -0.2) is 17.9 Å². The smallest absolute Gasteiger partial charge is 0.238 e. The summed E-state index contributed by atoms with van der Waals surface area (Å²) in [7, 11) is -3.95. The first-order chi connectivity index (χ1) is 16.4. The minimum atomic E-state index is -3.95. The van der Waals surface area contributed by atoms with Gasteiger partial charge in [0.25, 0.3) is 0 Å². The lowest BCUT2D eigenvalue weighted by molar-refractivity contribution is -0.127. The second-order valence-electron chi connectivity index (χ2n) is 9.51. The molecule has 2 atom stereocenters. The van der Waals surface area contributed by atoms with Crippen LogP contribution in [0.25, 0.3) is 0 Å². The van der Waals surface area contributed by atoms with Crippen LogP contribution in [0, 0.1) is 17.2 Å². The topological polar surface area (TPSA) is 110 Å². The Labute approximate surface area is 213 Å². The van der Waals surface area contributed by atoms with Gasteiger partial charge >= 0.3 is 0 Å². The fraction of sp³-hybridized carbons (Fsp3) is 0.417. The number of benzene rings is 2. The van der Waals surface area contributed by atoms with Crippen LogP contribution in [0.1, 0.15) is 50.6 Å². The Morgan fingerprint density at radius 2 is 1.91 bits per heavy atom. The largest absolute Gasteiger partial charge is 0.348 e. The zero-order valence-corrected chi connectivity index (χ0v) is 21.4. The second kappa shape index (κ2) is 9.69. The molecule has 2 amide bonds. The summed E-state index contributed by atoms with van der Waals surface area (Å²) < 4.78 is 38.4. The maximum Gasteiger partial charge on any atom is 0.238 e. The van der Waals surface area contributed by atoms with Crippen LogP contribution in [-0.2, 0) is 19.6 Å². The monoisotopic (exact) mass is 541 g/mol. The second-order valence-corrected chi connectivity index (χ2v) is 11.9. The van der Waals surface area contributed by atoms with E-state index in [0.29, 0.717) is 5.69 Å². The molecule has 1 heterocycles. The van der Waals surface area contributed by atoms with Gasteiger partial charge in [0.1, 0.15) is 5.82 Å². The van der Waals surface area contributed by atoms with Gasteiger partial charge in [-0.1, -0.05) is 49.0 Å². The maximum absolute atomic E-state index is 15.0. The average Bonchev–Trinajstić information content (AvgIpc) is 3.42. The van der Waals surface area contributed by atoms with Gasteiger partial charge in [-0.05, 0) is 48.6 Å². The number of hydrogen-bond acceptors (Lipinski definition) is 4. The van der Waals surface area contributed by atoms with Crippen LogP contribution in [0.2, 0.25) is 10.0 Å². The minimum absolute atomic E-state index is 0.0495. The number of rotatable bonds is 6. The Balaban J connectivity index is 1.60. The normalized spacial score (nSPS) is 20.8. The number of nitrogens with one attached hydrogen (secondary N) is 1. The molecule has 0 radical (unpaired) electrons. The Hall–Kier alpha value is -2.20. The molecule has 0 spiro atoms. The van der Waals surface area contributed by atoms with Crippen LogP contribution in [-0.4, -0.2) is 26.8 Å². The van der Waals surface area contributed by atoms with Crippen LogP contribution in [0.5, 0.6) is 0 Å². The highest BCUT2D eigenvalue weighted by Crippen LogP contribution is 2.50. The Kier molecular flexibility index (Phi) is 7.16. The average molecular weight is 542 g/mol. The van der Waals surface area contributed by atoms with Gasteiger partial charge in [0.15, 0.2) is 0 Å². The number of amides is 2. The molecule has 0 bridgehead atoms. The Bertz CT molecular complexity index is 1280. The predicted molar refractivity (Wildman–Crippen MR) is 132 cm³/mol. The summed E-state index contributed by atoms with van der Waals surface area (Å²) in [6.07, 6.45) is 3.37. The van der Waals surface area contributed by atoms with Gasteiger partial charge in [-0.2, -0.15) is 0 Å². The molecule has 2 aromatic rings. The molecular formula is C24H26Cl2FN3O4S. The summed E-state index contributed by atoms with van der Waals surface area (Å²) in [4.78, 5) is 27.4. The molecule has 1 saturated heterocycles. The van der Waals surface area contributed by atoms with Crippen molar-refractivity contribution in [2.45, 2.75) is 50.0 Å². The fourth-order valence-corrected chi connectivity index (χ4v) is 6.08. The van der Waals surface area contributed by atoms with Crippen molar-refractivity contribution in [2.24, 2.45) is 16.5 Å². The quantitative estimate of drug-likeness (QED) is 0.521. The van der Waals surface area contributed by atoms with Crippen molar-refractivity contribution in [2.75, 3.05) is 11.4 Å². The molecule has 11 heteroatoms. The molecule has 3 N–H and O–H groups in total. The number of nitrogens with zero attached hydrogens (tertiary/aromatic N) is 1. The van der Waals surface area contributed by atoms with Gasteiger partial charge in [0, 0.05) is 24.2 Å². The summed E-state index contributed by atoms with van der Waals surface area (Å²) in [5.74, 6) is -2.00. The highest BCUT2D eigenvalue weighted by Gasteiger charge is 2.43. The summed E-state index contributed by atoms with van der Waals surface area (Å²) >= 11 is 12.6. The van der Waals surface area contributed by atoms with Gasteiger partial charge in [-0.15, -0.1) is 0 Å². The maximum atomic E-state index is 15.0. The van der Waals surface area contributed by atoms with Crippen LogP contribution in [0.3, 0.4) is 0 Å². The Morgan fingerprint density at radius 1 is 1.23 bits per heavy atom. The van der Waals surface area contributed by atoms with E-state index >= 15 is 0 Å². The van der Waals surface area contributed by atoms with E-state index in [2.05, 4.69) is 5.32 Å². The third-order valence-corrected chi connectivity index (χ3v) is 8.78. The molecule has 7 nitrogen and oxygen atoms in total. The molecule has 0 unspecified atom stereocenters. The van der Waals surface area contributed by atoms with E-state index < -0.39 is 39.1 Å². The highest BCUT2D eigenvalue weighted by molar-refractivity contribution is 7.89. The summed E-state index contributed by atoms with van der Waals surface area (Å²) in [6.45, 7) is 2.04. The van der Waals surface area contributed by atoms with E-state index in [0.717, 1.165) is 25.7 Å². The van der Waals surface area contributed by atoms with E-state index in [1.165, 1.54) is 35.2 Å². The Morgan fingerprint density at radius 3 is 2.57 bits per heavy atom. The van der Waals surface area contributed by atoms with Crippen molar-refractivity contribution in [1.29, 1.82) is 0 Å². The zero-order valence-electron chi connectivity index (χ0n) is 19.1. The first kappa shape index (κ1) is 25.9. The van der Waals surface area contributed by atoms with Crippen molar-refractivity contribution in [3.05, 3.63) is 57.8 Å². The molecule has 188 valence electrons. The van der Waals surface area contributed by atoms with Crippen LogP contribution in [0.4, 0.5) is 10.1 Å². The number of halogens is 3. The summed E-state index contributed by atoms with van der Waals surface area (Å²) in [5.41, 5.74) is 0.0516. The van der Waals surface area contributed by atoms with Crippen molar-refractivity contribution < 1.29 is 22.4 Å². The van der Waals surface area contributed by atoms with E-state index in [1.54, 1.807) is 6.07 Å². The standard InChI is InChI=1S/C24H26Cl2FN3O4S/c1-24(9-2-3-10-24)22(20-18(27)8-7-17(25)21(20)26)29-23(32)14-11-19(31)30(13-14)15-5-4-6-16(12-15)35(28,33)34/h4-8,12,14,22H,2-3,9-11,13H2,1H3,(H,29,32)(H2,28,33,34)/t14-,22+/m0/s1. The molecule has 2 aromatic carbocycles.